The van der Waals surface area contributed by atoms with Crippen LogP contribution in [0.15, 0.2) is 170 Å². The molecule has 10 heteroatoms. The molecule has 60 heavy (non-hydrogen) atoms. The Labute approximate surface area is 337 Å². The summed E-state index contributed by atoms with van der Waals surface area (Å²) in [4.78, 5) is 9.62. The summed E-state index contributed by atoms with van der Waals surface area (Å²) in [7, 11) is 0. The molecule has 8 aromatic carbocycles. The molecule has 0 bridgehead atoms. The SMILES string of the molecule is FC(F)(F)c1cc(-c2nc(-c3ccc(-n4c5ccccc5c5cc(-n6c7ccccc7c7ccccc76)ccc54)cc3)nc3c2ccc2ccccc23)cc(C(F)(F)F)c1. The van der Waals surface area contributed by atoms with Gasteiger partial charge in [0.1, 0.15) is 0 Å². The van der Waals surface area contributed by atoms with E-state index in [-0.39, 0.29) is 23.1 Å². The number of hydrogen-bond donors (Lipinski definition) is 0. The third kappa shape index (κ3) is 5.62. The molecular weight excluding hydrogens is 771 g/mol. The maximum absolute atomic E-state index is 14.1. The number of para-hydroxylation sites is 3. The number of hydrogen-bond acceptors (Lipinski definition) is 2. The first-order valence-corrected chi connectivity index (χ1v) is 19.1. The van der Waals surface area contributed by atoms with Gasteiger partial charge in [-0.1, -0.05) is 84.9 Å². The highest BCUT2D eigenvalue weighted by molar-refractivity contribution is 6.13. The van der Waals surface area contributed by atoms with Crippen molar-refractivity contribution in [2.75, 3.05) is 0 Å². The Morgan fingerprint density at radius 2 is 0.867 bits per heavy atom. The van der Waals surface area contributed by atoms with Crippen molar-refractivity contribution in [3.63, 3.8) is 0 Å². The van der Waals surface area contributed by atoms with Gasteiger partial charge >= 0.3 is 12.4 Å². The van der Waals surface area contributed by atoms with Crippen molar-refractivity contribution in [1.29, 1.82) is 0 Å². The van der Waals surface area contributed by atoms with Crippen LogP contribution >= 0.6 is 0 Å². The van der Waals surface area contributed by atoms with Gasteiger partial charge in [-0.05, 0) is 90.3 Å². The molecule has 4 nitrogen and oxygen atoms in total. The van der Waals surface area contributed by atoms with E-state index in [4.69, 9.17) is 9.97 Å². The Bertz CT molecular complexity index is 3440. The topological polar surface area (TPSA) is 35.6 Å². The minimum absolute atomic E-state index is 0.0390. The number of aromatic nitrogens is 4. The van der Waals surface area contributed by atoms with Gasteiger partial charge in [-0.2, -0.15) is 26.3 Å². The largest absolute Gasteiger partial charge is 0.416 e. The number of fused-ring (bicyclic) bond motifs is 9. The molecule has 290 valence electrons. The van der Waals surface area contributed by atoms with E-state index in [9.17, 15) is 26.3 Å². The Kier molecular flexibility index (Phi) is 7.75. The normalized spacial score (nSPS) is 12.5. The van der Waals surface area contributed by atoms with Crippen molar-refractivity contribution in [2.24, 2.45) is 0 Å². The van der Waals surface area contributed by atoms with Crippen LogP contribution in [0.3, 0.4) is 0 Å². The van der Waals surface area contributed by atoms with Crippen LogP contribution in [0.1, 0.15) is 11.1 Å². The molecule has 0 fully saturated rings. The summed E-state index contributed by atoms with van der Waals surface area (Å²) in [5.41, 5.74) is 3.80. The van der Waals surface area contributed by atoms with Crippen molar-refractivity contribution in [2.45, 2.75) is 12.4 Å². The van der Waals surface area contributed by atoms with Gasteiger partial charge in [0.15, 0.2) is 5.82 Å². The van der Waals surface area contributed by atoms with Crippen LogP contribution in [0.5, 0.6) is 0 Å². The number of benzene rings is 8. The molecule has 0 saturated carbocycles. The zero-order chi connectivity index (χ0) is 40.9. The van der Waals surface area contributed by atoms with E-state index in [2.05, 4.69) is 75.9 Å². The lowest BCUT2D eigenvalue weighted by molar-refractivity contribution is -0.143. The van der Waals surface area contributed by atoms with Gasteiger partial charge in [0, 0.05) is 54.8 Å². The van der Waals surface area contributed by atoms with Gasteiger partial charge in [0.2, 0.25) is 0 Å². The first-order valence-electron chi connectivity index (χ1n) is 19.1. The number of rotatable bonds is 4. The summed E-state index contributed by atoms with van der Waals surface area (Å²) >= 11 is 0. The van der Waals surface area contributed by atoms with Gasteiger partial charge in [-0.25, -0.2) is 9.97 Å². The maximum atomic E-state index is 14.1. The molecule has 0 aliphatic heterocycles. The molecule has 11 rings (SSSR count). The Balaban J connectivity index is 1.07. The summed E-state index contributed by atoms with van der Waals surface area (Å²) in [5.74, 6) is 0.157. The first kappa shape index (κ1) is 35.7. The fourth-order valence-corrected chi connectivity index (χ4v) is 8.64. The zero-order valence-corrected chi connectivity index (χ0v) is 31.2. The molecule has 0 aliphatic rings. The highest BCUT2D eigenvalue weighted by Crippen LogP contribution is 2.42. The second-order valence-corrected chi connectivity index (χ2v) is 14.8. The number of halogens is 6. The van der Waals surface area contributed by atoms with E-state index in [0.717, 1.165) is 49.6 Å². The third-order valence-corrected chi connectivity index (χ3v) is 11.3. The van der Waals surface area contributed by atoms with Crippen LogP contribution in [-0.4, -0.2) is 19.1 Å². The van der Waals surface area contributed by atoms with E-state index in [1.807, 2.05) is 72.8 Å². The van der Waals surface area contributed by atoms with Crippen molar-refractivity contribution < 1.29 is 26.3 Å². The van der Waals surface area contributed by atoms with Crippen LogP contribution in [0.2, 0.25) is 0 Å². The minimum Gasteiger partial charge on any atom is -0.309 e. The van der Waals surface area contributed by atoms with Crippen molar-refractivity contribution >= 4 is 65.3 Å². The summed E-state index contributed by atoms with van der Waals surface area (Å²) in [6.45, 7) is 0. The summed E-state index contributed by atoms with van der Waals surface area (Å²) < 4.78 is 88.8. The summed E-state index contributed by atoms with van der Waals surface area (Å²) in [6.07, 6.45) is -10.0. The van der Waals surface area contributed by atoms with Gasteiger partial charge in [0.25, 0.3) is 0 Å². The van der Waals surface area contributed by atoms with Crippen LogP contribution in [-0.2, 0) is 12.4 Å². The Morgan fingerprint density at radius 3 is 1.47 bits per heavy atom. The molecule has 0 spiro atoms. The fourth-order valence-electron chi connectivity index (χ4n) is 8.64. The van der Waals surface area contributed by atoms with E-state index in [1.54, 1.807) is 12.1 Å². The second-order valence-electron chi connectivity index (χ2n) is 14.8. The molecule has 0 amide bonds. The lowest BCUT2D eigenvalue weighted by Crippen LogP contribution is -2.11. The standard InChI is InChI=1S/C50H28F6N4/c51-49(52,53)32-25-31(26-33(27-32)50(54,55)56)46-40-23-19-29-9-1-2-10-36(29)47(40)58-48(57-46)30-17-20-34(21-18-30)59-44-16-8-5-13-39(44)41-28-35(22-24-45(41)59)60-42-14-6-3-11-37(42)38-12-4-7-15-43(38)60/h1-28H. The molecule has 0 aliphatic carbocycles. The Morgan fingerprint density at radius 1 is 0.367 bits per heavy atom. The van der Waals surface area contributed by atoms with Crippen molar-refractivity contribution in [3.8, 4) is 34.0 Å². The molecule has 0 radical (unpaired) electrons. The van der Waals surface area contributed by atoms with Gasteiger partial charge < -0.3 is 9.13 Å². The zero-order valence-electron chi connectivity index (χ0n) is 31.2. The van der Waals surface area contributed by atoms with Crippen LogP contribution in [0.4, 0.5) is 26.3 Å². The maximum Gasteiger partial charge on any atom is 0.416 e. The highest BCUT2D eigenvalue weighted by Gasteiger charge is 2.37. The number of alkyl halides is 6. The third-order valence-electron chi connectivity index (χ3n) is 11.3. The highest BCUT2D eigenvalue weighted by atomic mass is 19.4. The summed E-state index contributed by atoms with van der Waals surface area (Å²) in [6, 6.07) is 51.2. The lowest BCUT2D eigenvalue weighted by Gasteiger charge is -2.16. The predicted molar refractivity (Wildman–Crippen MR) is 227 cm³/mol. The van der Waals surface area contributed by atoms with Crippen LogP contribution in [0.25, 0.3) is 99.3 Å². The average molecular weight is 799 g/mol. The molecule has 3 heterocycles. The van der Waals surface area contributed by atoms with Gasteiger partial charge in [-0.15, -0.1) is 0 Å². The average Bonchev–Trinajstić information content (AvgIpc) is 3.78. The molecule has 11 aromatic rings. The second kappa shape index (κ2) is 13.0. The van der Waals surface area contributed by atoms with E-state index < -0.39 is 23.5 Å². The molecular formula is C50H28F6N4. The summed E-state index contributed by atoms with van der Waals surface area (Å²) in [5, 5.41) is 6.29. The molecule has 0 atom stereocenters. The van der Waals surface area contributed by atoms with E-state index in [1.165, 1.54) is 10.8 Å². The van der Waals surface area contributed by atoms with Crippen LogP contribution < -0.4 is 0 Å². The smallest absolute Gasteiger partial charge is 0.309 e. The quantitative estimate of drug-likeness (QED) is 0.131. The van der Waals surface area contributed by atoms with Crippen molar-refractivity contribution in [1.82, 2.24) is 19.1 Å². The van der Waals surface area contributed by atoms with E-state index >= 15 is 0 Å². The molecule has 3 aromatic heterocycles. The van der Waals surface area contributed by atoms with Gasteiger partial charge in [0.05, 0.1) is 44.4 Å². The van der Waals surface area contributed by atoms with E-state index in [0.29, 0.717) is 34.0 Å². The minimum atomic E-state index is -5.02. The van der Waals surface area contributed by atoms with Crippen LogP contribution in [0, 0.1) is 0 Å². The Hall–Kier alpha value is -7.46. The molecule has 0 saturated heterocycles. The molecule has 0 N–H and O–H groups in total. The number of nitrogens with zero attached hydrogens (tertiary/aromatic N) is 4. The fraction of sp³-hybridized carbons (Fsp3) is 0.0400. The lowest BCUT2D eigenvalue weighted by atomic mass is 9.98. The first-order chi connectivity index (χ1) is 29.0. The van der Waals surface area contributed by atoms with Crippen molar-refractivity contribution in [3.05, 3.63) is 181 Å². The molecule has 0 unspecified atom stereocenters. The predicted octanol–water partition coefficient (Wildman–Crippen LogP) is 14.3. The monoisotopic (exact) mass is 798 g/mol. The van der Waals surface area contributed by atoms with Gasteiger partial charge in [-0.3, -0.25) is 0 Å².